The average molecular weight is 533 g/mol. The molecule has 1 aliphatic heterocycles. The summed E-state index contributed by atoms with van der Waals surface area (Å²) in [5.74, 6) is -0.860. The maximum Gasteiger partial charge on any atom is 0.435 e. The van der Waals surface area contributed by atoms with Crippen molar-refractivity contribution in [1.29, 1.82) is 0 Å². The summed E-state index contributed by atoms with van der Waals surface area (Å²) >= 11 is 6.09. The monoisotopic (exact) mass is 532 g/mol. The van der Waals surface area contributed by atoms with Crippen molar-refractivity contribution in [3.8, 4) is 11.6 Å². The Morgan fingerprint density at radius 2 is 1.50 bits per heavy atom. The van der Waals surface area contributed by atoms with Crippen molar-refractivity contribution in [2.45, 2.75) is 12.4 Å². The van der Waals surface area contributed by atoms with E-state index in [4.69, 9.17) is 16.3 Å². The van der Waals surface area contributed by atoms with Gasteiger partial charge >= 0.3 is 12.4 Å². The van der Waals surface area contributed by atoms with Gasteiger partial charge < -0.3 is 14.5 Å². The molecule has 3 aromatic rings. The fourth-order valence-corrected chi connectivity index (χ4v) is 4.03. The van der Waals surface area contributed by atoms with E-state index in [1.807, 2.05) is 0 Å². The number of halogens is 7. The molecule has 0 saturated carbocycles. The van der Waals surface area contributed by atoms with Crippen LogP contribution in [0.2, 0.25) is 5.02 Å². The van der Waals surface area contributed by atoms with Crippen LogP contribution in [0.25, 0.3) is 5.69 Å². The predicted molar refractivity (Wildman–Crippen MR) is 119 cm³/mol. The molecule has 0 aliphatic carbocycles. The largest absolute Gasteiger partial charge is 0.467 e. The number of amides is 1. The zero-order valence-electron chi connectivity index (χ0n) is 18.5. The molecule has 13 heteroatoms. The smallest absolute Gasteiger partial charge is 0.435 e. The highest BCUT2D eigenvalue weighted by atomic mass is 35.5. The summed E-state index contributed by atoms with van der Waals surface area (Å²) in [6.45, 7) is -0.0618. The van der Waals surface area contributed by atoms with Crippen LogP contribution in [-0.4, -0.2) is 53.4 Å². The number of ether oxygens (including phenoxy) is 1. The van der Waals surface area contributed by atoms with Gasteiger partial charge in [0, 0.05) is 37.9 Å². The van der Waals surface area contributed by atoms with Crippen molar-refractivity contribution in [2.75, 3.05) is 37.7 Å². The molecule has 1 aromatic heterocycles. The number of rotatable bonds is 5. The van der Waals surface area contributed by atoms with E-state index < -0.39 is 36.1 Å². The number of hydrogen-bond donors (Lipinski definition) is 0. The Morgan fingerprint density at radius 1 is 0.889 bits per heavy atom. The van der Waals surface area contributed by atoms with Gasteiger partial charge in [0.1, 0.15) is 0 Å². The lowest BCUT2D eigenvalue weighted by Crippen LogP contribution is -2.50. The first-order chi connectivity index (χ1) is 16.9. The molecule has 2 heterocycles. The number of anilines is 1. The van der Waals surface area contributed by atoms with Crippen LogP contribution in [0, 0.1) is 0 Å². The van der Waals surface area contributed by atoms with E-state index in [0.29, 0.717) is 6.07 Å². The maximum absolute atomic E-state index is 13.3. The van der Waals surface area contributed by atoms with Gasteiger partial charge in [-0.05, 0) is 24.3 Å². The van der Waals surface area contributed by atoms with E-state index in [1.54, 1.807) is 12.1 Å². The zero-order chi connectivity index (χ0) is 26.1. The predicted octanol–water partition coefficient (Wildman–Crippen LogP) is 5.29. The summed E-state index contributed by atoms with van der Waals surface area (Å²) in [5, 5.41) is 3.66. The van der Waals surface area contributed by atoms with Crippen molar-refractivity contribution in [1.82, 2.24) is 14.7 Å². The van der Waals surface area contributed by atoms with Gasteiger partial charge in [-0.15, -0.1) is 0 Å². The van der Waals surface area contributed by atoms with Crippen LogP contribution in [-0.2, 0) is 17.1 Å². The van der Waals surface area contributed by atoms with Crippen LogP contribution in [0.3, 0.4) is 0 Å². The highest BCUT2D eigenvalue weighted by molar-refractivity contribution is 6.32. The second-order valence-electron chi connectivity index (χ2n) is 7.90. The lowest BCUT2D eigenvalue weighted by atomic mass is 10.1. The number of hydrogen-bond acceptors (Lipinski definition) is 4. The molecular weight excluding hydrogens is 514 g/mol. The number of aromatic nitrogens is 2. The number of nitrogens with zero attached hydrogens (tertiary/aromatic N) is 4. The molecule has 6 nitrogen and oxygen atoms in total. The van der Waals surface area contributed by atoms with Crippen LogP contribution in [0.4, 0.5) is 32.0 Å². The second kappa shape index (κ2) is 9.92. The summed E-state index contributed by atoms with van der Waals surface area (Å²) in [6, 6.07) is 11.9. The van der Waals surface area contributed by atoms with E-state index in [9.17, 15) is 31.1 Å². The molecule has 0 spiro atoms. The number of piperazine rings is 1. The summed E-state index contributed by atoms with van der Waals surface area (Å²) in [4.78, 5) is 15.6. The molecule has 1 aliphatic rings. The Hall–Kier alpha value is -3.41. The zero-order valence-corrected chi connectivity index (χ0v) is 19.2. The summed E-state index contributed by atoms with van der Waals surface area (Å²) in [5.41, 5.74) is -1.83. The van der Waals surface area contributed by atoms with E-state index in [2.05, 4.69) is 5.10 Å². The van der Waals surface area contributed by atoms with Gasteiger partial charge in [-0.25, -0.2) is 0 Å². The van der Waals surface area contributed by atoms with Crippen molar-refractivity contribution in [3.63, 3.8) is 0 Å². The van der Waals surface area contributed by atoms with Gasteiger partial charge in [-0.2, -0.15) is 36.1 Å². The third-order valence-corrected chi connectivity index (χ3v) is 5.89. The third kappa shape index (κ3) is 5.53. The molecule has 0 N–H and O–H groups in total. The van der Waals surface area contributed by atoms with Crippen molar-refractivity contribution in [3.05, 3.63) is 70.9 Å². The average Bonchev–Trinajstić information content (AvgIpc) is 3.27. The summed E-state index contributed by atoms with van der Waals surface area (Å²) < 4.78 is 86.0. The molecule has 0 unspecified atom stereocenters. The Morgan fingerprint density at radius 3 is 2.11 bits per heavy atom. The fourth-order valence-electron chi connectivity index (χ4n) is 3.81. The van der Waals surface area contributed by atoms with Crippen LogP contribution < -0.4 is 9.64 Å². The second-order valence-corrected chi connectivity index (χ2v) is 8.31. The Balaban J connectivity index is 1.44. The highest BCUT2D eigenvalue weighted by Gasteiger charge is 2.37. The minimum Gasteiger partial charge on any atom is -0.467 e. The van der Waals surface area contributed by atoms with Gasteiger partial charge in [0.2, 0.25) is 5.88 Å². The summed E-state index contributed by atoms with van der Waals surface area (Å²) in [7, 11) is 0. The van der Waals surface area contributed by atoms with Crippen LogP contribution in [0.5, 0.6) is 5.88 Å². The van der Waals surface area contributed by atoms with E-state index in [1.165, 1.54) is 40.1 Å². The molecule has 1 fully saturated rings. The fraction of sp³-hybridized carbons (Fsp3) is 0.304. The van der Waals surface area contributed by atoms with Gasteiger partial charge in [0.25, 0.3) is 5.91 Å². The Kier molecular flexibility index (Phi) is 7.07. The SMILES string of the molecule is O=C(COc1cc(C(F)(F)F)nn1-c1ccccc1Cl)N1CCN(c2ccccc2C(F)(F)F)CC1. The number of alkyl halides is 6. The normalized spacial score (nSPS) is 14.8. The minimum absolute atomic E-state index is 0.0247. The molecule has 0 bridgehead atoms. The summed E-state index contributed by atoms with van der Waals surface area (Å²) in [6.07, 6.45) is -9.27. The molecule has 192 valence electrons. The van der Waals surface area contributed by atoms with Crippen LogP contribution >= 0.6 is 11.6 Å². The molecule has 2 aromatic carbocycles. The molecule has 4 rings (SSSR count). The lowest BCUT2D eigenvalue weighted by Gasteiger charge is -2.37. The lowest BCUT2D eigenvalue weighted by molar-refractivity contribution is -0.141. The first-order valence-corrected chi connectivity index (χ1v) is 11.1. The first kappa shape index (κ1) is 25.7. The first-order valence-electron chi connectivity index (χ1n) is 10.7. The molecule has 0 atom stereocenters. The number of carbonyl (C=O) groups excluding carboxylic acids is 1. The molecule has 1 saturated heterocycles. The van der Waals surface area contributed by atoms with E-state index >= 15 is 0 Å². The molecular formula is C23H19ClF6N4O2. The third-order valence-electron chi connectivity index (χ3n) is 5.57. The van der Waals surface area contributed by atoms with Crippen LogP contribution in [0.15, 0.2) is 54.6 Å². The Labute approximate surface area is 206 Å². The number of para-hydroxylation sites is 2. The molecule has 0 radical (unpaired) electrons. The van der Waals surface area contributed by atoms with Gasteiger partial charge in [0.15, 0.2) is 12.3 Å². The van der Waals surface area contributed by atoms with Gasteiger partial charge in [-0.3, -0.25) is 4.79 Å². The quantitative estimate of drug-likeness (QED) is 0.419. The standard InChI is InChI=1S/C23H19ClF6N4O2/c24-16-6-2-4-8-18(16)34-21(13-19(31-34)23(28,29)30)36-14-20(35)33-11-9-32(10-12-33)17-7-3-1-5-15(17)22(25,26)27/h1-8,13H,9-12,14H2. The van der Waals surface area contributed by atoms with Crippen LogP contribution in [0.1, 0.15) is 11.3 Å². The maximum atomic E-state index is 13.3. The molecule has 1 amide bonds. The number of carbonyl (C=O) groups is 1. The molecule has 36 heavy (non-hydrogen) atoms. The van der Waals surface area contributed by atoms with Crippen molar-refractivity contribution < 1.29 is 35.9 Å². The van der Waals surface area contributed by atoms with Crippen molar-refractivity contribution in [2.24, 2.45) is 0 Å². The number of benzene rings is 2. The van der Waals surface area contributed by atoms with Gasteiger partial charge in [0.05, 0.1) is 16.3 Å². The highest BCUT2D eigenvalue weighted by Crippen LogP contribution is 2.37. The van der Waals surface area contributed by atoms with E-state index in [0.717, 1.165) is 10.7 Å². The van der Waals surface area contributed by atoms with Crippen molar-refractivity contribution >= 4 is 23.2 Å². The van der Waals surface area contributed by atoms with E-state index in [-0.39, 0.29) is 48.5 Å². The minimum atomic E-state index is -4.75. The Bertz CT molecular complexity index is 1240. The van der Waals surface area contributed by atoms with Gasteiger partial charge in [-0.1, -0.05) is 35.9 Å². The topological polar surface area (TPSA) is 50.6 Å².